The fourth-order valence-electron chi connectivity index (χ4n) is 4.34. The fourth-order valence-corrected chi connectivity index (χ4v) is 4.34. The summed E-state index contributed by atoms with van der Waals surface area (Å²) in [5.41, 5.74) is 8.28. The van der Waals surface area contributed by atoms with Gasteiger partial charge in [0.2, 0.25) is 0 Å². The summed E-state index contributed by atoms with van der Waals surface area (Å²) in [4.78, 5) is 15.2. The molecule has 0 radical (unpaired) electrons. The monoisotopic (exact) mass is 398 g/mol. The highest BCUT2D eigenvalue weighted by Gasteiger charge is 2.17. The SMILES string of the molecule is Cc1ccc(C)c([C@@H](C)NC(=O)c2ccc(CN3CCCc4ccccc43)cc2)c1. The number of carbonyl (C=O) groups is 1. The first-order valence-electron chi connectivity index (χ1n) is 10.8. The van der Waals surface area contributed by atoms with Crippen molar-refractivity contribution in [3.63, 3.8) is 0 Å². The highest BCUT2D eigenvalue weighted by molar-refractivity contribution is 5.94. The van der Waals surface area contributed by atoms with E-state index < -0.39 is 0 Å². The van der Waals surface area contributed by atoms with E-state index in [0.29, 0.717) is 5.56 Å². The van der Waals surface area contributed by atoms with Crippen LogP contribution in [0.5, 0.6) is 0 Å². The van der Waals surface area contributed by atoms with Crippen molar-refractivity contribution in [1.82, 2.24) is 5.32 Å². The summed E-state index contributed by atoms with van der Waals surface area (Å²) in [5.74, 6) is -0.0294. The zero-order valence-electron chi connectivity index (χ0n) is 18.1. The molecule has 1 N–H and O–H groups in total. The van der Waals surface area contributed by atoms with Gasteiger partial charge in [-0.2, -0.15) is 0 Å². The average molecular weight is 399 g/mol. The topological polar surface area (TPSA) is 32.3 Å². The van der Waals surface area contributed by atoms with Gasteiger partial charge in [0.1, 0.15) is 0 Å². The molecule has 0 aliphatic carbocycles. The maximum atomic E-state index is 12.8. The van der Waals surface area contributed by atoms with Crippen LogP contribution >= 0.6 is 0 Å². The standard InChI is InChI=1S/C27H30N2O/c1-19-10-11-20(2)25(17-19)21(3)28-27(30)24-14-12-22(13-15-24)18-29-16-6-8-23-7-4-5-9-26(23)29/h4-5,7,9-15,17,21H,6,8,16,18H2,1-3H3,(H,28,30)/t21-/m1/s1. The van der Waals surface area contributed by atoms with Crippen LogP contribution in [0.2, 0.25) is 0 Å². The molecule has 0 bridgehead atoms. The minimum Gasteiger partial charge on any atom is -0.367 e. The minimum absolute atomic E-state index is 0.0260. The van der Waals surface area contributed by atoms with Crippen LogP contribution in [0.15, 0.2) is 66.7 Å². The molecule has 0 saturated carbocycles. The number of hydrogen-bond donors (Lipinski definition) is 1. The van der Waals surface area contributed by atoms with Gasteiger partial charge in [-0.25, -0.2) is 0 Å². The molecule has 0 saturated heterocycles. The van der Waals surface area contributed by atoms with Gasteiger partial charge in [-0.3, -0.25) is 4.79 Å². The number of benzene rings is 3. The molecule has 1 heterocycles. The zero-order chi connectivity index (χ0) is 21.1. The van der Waals surface area contributed by atoms with Gasteiger partial charge in [0.05, 0.1) is 6.04 Å². The highest BCUT2D eigenvalue weighted by atomic mass is 16.1. The van der Waals surface area contributed by atoms with E-state index in [4.69, 9.17) is 0 Å². The molecule has 1 atom stereocenters. The molecule has 3 nitrogen and oxygen atoms in total. The van der Waals surface area contributed by atoms with E-state index in [1.54, 1.807) is 0 Å². The maximum absolute atomic E-state index is 12.8. The van der Waals surface area contributed by atoms with Crippen molar-refractivity contribution in [3.05, 3.63) is 100 Å². The van der Waals surface area contributed by atoms with Gasteiger partial charge in [0.15, 0.2) is 0 Å². The second-order valence-corrected chi connectivity index (χ2v) is 8.41. The minimum atomic E-state index is -0.0294. The van der Waals surface area contributed by atoms with E-state index in [9.17, 15) is 4.79 Å². The van der Waals surface area contributed by atoms with Gasteiger partial charge >= 0.3 is 0 Å². The summed E-state index contributed by atoms with van der Waals surface area (Å²) in [6.45, 7) is 8.16. The number of rotatable bonds is 5. The molecule has 3 aromatic rings. The van der Waals surface area contributed by atoms with Crippen molar-refractivity contribution < 1.29 is 4.79 Å². The smallest absolute Gasteiger partial charge is 0.251 e. The maximum Gasteiger partial charge on any atom is 0.251 e. The summed E-state index contributed by atoms with van der Waals surface area (Å²) in [5, 5.41) is 3.15. The molecular formula is C27H30N2O. The van der Waals surface area contributed by atoms with Crippen molar-refractivity contribution in [1.29, 1.82) is 0 Å². The first-order chi connectivity index (χ1) is 14.5. The summed E-state index contributed by atoms with van der Waals surface area (Å²) >= 11 is 0. The molecule has 4 rings (SSSR count). The number of nitrogens with zero attached hydrogens (tertiary/aromatic N) is 1. The van der Waals surface area contributed by atoms with E-state index in [2.05, 4.69) is 78.7 Å². The predicted molar refractivity (Wildman–Crippen MR) is 124 cm³/mol. The van der Waals surface area contributed by atoms with Crippen LogP contribution in [-0.4, -0.2) is 12.5 Å². The van der Waals surface area contributed by atoms with Gasteiger partial charge in [0.25, 0.3) is 5.91 Å². The molecule has 1 aliphatic heterocycles. The number of carbonyl (C=O) groups excluding carboxylic acids is 1. The van der Waals surface area contributed by atoms with Crippen molar-refractivity contribution in [2.24, 2.45) is 0 Å². The Morgan fingerprint density at radius 2 is 1.80 bits per heavy atom. The van der Waals surface area contributed by atoms with Gasteiger partial charge in [-0.15, -0.1) is 0 Å². The lowest BCUT2D eigenvalue weighted by atomic mass is 9.99. The fraction of sp³-hybridized carbons (Fsp3) is 0.296. The average Bonchev–Trinajstić information content (AvgIpc) is 2.76. The second kappa shape index (κ2) is 8.74. The van der Waals surface area contributed by atoms with Crippen LogP contribution in [-0.2, 0) is 13.0 Å². The molecule has 3 aromatic carbocycles. The van der Waals surface area contributed by atoms with E-state index in [1.807, 2.05) is 19.1 Å². The third-order valence-corrected chi connectivity index (χ3v) is 6.04. The van der Waals surface area contributed by atoms with Gasteiger partial charge < -0.3 is 10.2 Å². The Labute approximate surface area is 179 Å². The van der Waals surface area contributed by atoms with Gasteiger partial charge in [0, 0.05) is 24.3 Å². The lowest BCUT2D eigenvalue weighted by Crippen LogP contribution is -2.29. The Morgan fingerprint density at radius 3 is 2.60 bits per heavy atom. The molecule has 0 fully saturated rings. The zero-order valence-corrected chi connectivity index (χ0v) is 18.1. The van der Waals surface area contributed by atoms with Crippen molar-refractivity contribution in [2.45, 2.75) is 46.2 Å². The molecule has 1 amide bonds. The molecule has 0 spiro atoms. The predicted octanol–water partition coefficient (Wildman–Crippen LogP) is 5.75. The molecule has 30 heavy (non-hydrogen) atoms. The summed E-state index contributed by atoms with van der Waals surface area (Å²) < 4.78 is 0. The number of para-hydroxylation sites is 1. The van der Waals surface area contributed by atoms with Crippen molar-refractivity contribution in [2.75, 3.05) is 11.4 Å². The lowest BCUT2D eigenvalue weighted by molar-refractivity contribution is 0.0940. The van der Waals surface area contributed by atoms with Crippen molar-refractivity contribution in [3.8, 4) is 0 Å². The third-order valence-electron chi connectivity index (χ3n) is 6.04. The Kier molecular flexibility index (Phi) is 5.89. The molecule has 0 aromatic heterocycles. The number of aryl methyl sites for hydroxylation is 3. The first-order valence-corrected chi connectivity index (χ1v) is 10.8. The first kappa shape index (κ1) is 20.2. The Balaban J connectivity index is 1.42. The Morgan fingerprint density at radius 1 is 1.03 bits per heavy atom. The van der Waals surface area contributed by atoms with Crippen LogP contribution < -0.4 is 10.2 Å². The van der Waals surface area contributed by atoms with E-state index in [1.165, 1.54) is 39.9 Å². The van der Waals surface area contributed by atoms with E-state index in [-0.39, 0.29) is 11.9 Å². The Bertz CT molecular complexity index is 1040. The molecule has 1 aliphatic rings. The quantitative estimate of drug-likeness (QED) is 0.594. The van der Waals surface area contributed by atoms with E-state index >= 15 is 0 Å². The molecule has 154 valence electrons. The van der Waals surface area contributed by atoms with Crippen molar-refractivity contribution >= 4 is 11.6 Å². The highest BCUT2D eigenvalue weighted by Crippen LogP contribution is 2.28. The van der Waals surface area contributed by atoms with Gasteiger partial charge in [-0.1, -0.05) is 54.1 Å². The number of amides is 1. The van der Waals surface area contributed by atoms with E-state index in [0.717, 1.165) is 19.5 Å². The van der Waals surface area contributed by atoms with Crippen LogP contribution in [0.4, 0.5) is 5.69 Å². The van der Waals surface area contributed by atoms with Crippen LogP contribution in [0, 0.1) is 13.8 Å². The summed E-state index contributed by atoms with van der Waals surface area (Å²) in [7, 11) is 0. The van der Waals surface area contributed by atoms with Crippen LogP contribution in [0.1, 0.15) is 57.6 Å². The number of fused-ring (bicyclic) bond motifs is 1. The lowest BCUT2D eigenvalue weighted by Gasteiger charge is -2.31. The second-order valence-electron chi connectivity index (χ2n) is 8.41. The normalized spacial score (nSPS) is 14.2. The largest absolute Gasteiger partial charge is 0.367 e. The molecular weight excluding hydrogens is 368 g/mol. The molecule has 0 unspecified atom stereocenters. The number of nitrogens with one attached hydrogen (secondary N) is 1. The summed E-state index contributed by atoms with van der Waals surface area (Å²) in [6, 6.07) is 23.1. The third kappa shape index (κ3) is 4.40. The molecule has 3 heteroatoms. The Hall–Kier alpha value is -3.07. The number of anilines is 1. The summed E-state index contributed by atoms with van der Waals surface area (Å²) in [6.07, 6.45) is 2.35. The van der Waals surface area contributed by atoms with Crippen LogP contribution in [0.3, 0.4) is 0 Å². The van der Waals surface area contributed by atoms with Gasteiger partial charge in [-0.05, 0) is 74.1 Å². The number of hydrogen-bond acceptors (Lipinski definition) is 2. The van der Waals surface area contributed by atoms with Crippen LogP contribution in [0.25, 0.3) is 0 Å².